The van der Waals surface area contributed by atoms with E-state index in [9.17, 15) is 4.79 Å². The summed E-state index contributed by atoms with van der Waals surface area (Å²) >= 11 is 0. The predicted molar refractivity (Wildman–Crippen MR) is 61.0 cm³/mol. The van der Waals surface area contributed by atoms with Crippen LogP contribution in [0.1, 0.15) is 12.8 Å². The molecule has 1 aromatic rings. The molecule has 1 aliphatic rings. The lowest BCUT2D eigenvalue weighted by Crippen LogP contribution is -2.42. The van der Waals surface area contributed by atoms with E-state index in [1.165, 1.54) is 0 Å². The van der Waals surface area contributed by atoms with Crippen LogP contribution in [0.2, 0.25) is 0 Å². The SMILES string of the molecule is CNC(=O)C1CCCN(c2ncccn2)C1. The van der Waals surface area contributed by atoms with Crippen molar-refractivity contribution in [1.29, 1.82) is 0 Å². The third kappa shape index (κ3) is 2.29. The van der Waals surface area contributed by atoms with E-state index < -0.39 is 0 Å². The second-order valence-corrected chi connectivity index (χ2v) is 3.95. The maximum Gasteiger partial charge on any atom is 0.225 e. The van der Waals surface area contributed by atoms with Crippen LogP contribution in [0.15, 0.2) is 18.5 Å². The molecule has 1 atom stereocenters. The van der Waals surface area contributed by atoms with Crippen LogP contribution in [-0.4, -0.2) is 36.0 Å². The summed E-state index contributed by atoms with van der Waals surface area (Å²) in [7, 11) is 1.68. The molecule has 16 heavy (non-hydrogen) atoms. The van der Waals surface area contributed by atoms with Gasteiger partial charge in [0.25, 0.3) is 0 Å². The topological polar surface area (TPSA) is 58.1 Å². The summed E-state index contributed by atoms with van der Waals surface area (Å²) in [5.74, 6) is 0.888. The van der Waals surface area contributed by atoms with Gasteiger partial charge < -0.3 is 10.2 Å². The second kappa shape index (κ2) is 4.92. The highest BCUT2D eigenvalue weighted by Crippen LogP contribution is 2.19. The van der Waals surface area contributed by atoms with Crippen molar-refractivity contribution in [2.75, 3.05) is 25.0 Å². The molecule has 1 unspecified atom stereocenters. The fourth-order valence-electron chi connectivity index (χ4n) is 2.03. The van der Waals surface area contributed by atoms with E-state index in [1.807, 2.05) is 0 Å². The number of hydrogen-bond acceptors (Lipinski definition) is 4. The molecule has 86 valence electrons. The standard InChI is InChI=1S/C11H16N4O/c1-12-10(16)9-4-2-7-15(8-9)11-13-5-3-6-14-11/h3,5-6,9H,2,4,7-8H2,1H3,(H,12,16). The Bertz CT molecular complexity index is 354. The van der Waals surface area contributed by atoms with Gasteiger partial charge in [0, 0.05) is 32.5 Å². The Balaban J connectivity index is 2.05. The van der Waals surface area contributed by atoms with E-state index in [1.54, 1.807) is 25.5 Å². The van der Waals surface area contributed by atoms with Gasteiger partial charge in [-0.25, -0.2) is 9.97 Å². The number of rotatable bonds is 2. The molecule has 0 saturated carbocycles. The van der Waals surface area contributed by atoms with Gasteiger partial charge in [-0.15, -0.1) is 0 Å². The van der Waals surface area contributed by atoms with E-state index >= 15 is 0 Å². The van der Waals surface area contributed by atoms with Crippen molar-refractivity contribution in [3.8, 4) is 0 Å². The highest BCUT2D eigenvalue weighted by Gasteiger charge is 2.26. The van der Waals surface area contributed by atoms with Gasteiger partial charge >= 0.3 is 0 Å². The number of piperidine rings is 1. The van der Waals surface area contributed by atoms with Crippen molar-refractivity contribution in [1.82, 2.24) is 15.3 Å². The minimum absolute atomic E-state index is 0.0579. The Kier molecular flexibility index (Phi) is 3.34. The van der Waals surface area contributed by atoms with Crippen LogP contribution in [0.5, 0.6) is 0 Å². The third-order valence-corrected chi connectivity index (χ3v) is 2.87. The molecule has 0 aliphatic carbocycles. The first kappa shape index (κ1) is 10.9. The molecule has 0 aromatic carbocycles. The van der Waals surface area contributed by atoms with Crippen molar-refractivity contribution in [2.24, 2.45) is 5.92 Å². The Labute approximate surface area is 94.9 Å². The van der Waals surface area contributed by atoms with Gasteiger partial charge in [-0.05, 0) is 18.9 Å². The van der Waals surface area contributed by atoms with E-state index in [4.69, 9.17) is 0 Å². The summed E-state index contributed by atoms with van der Waals surface area (Å²) in [4.78, 5) is 22.0. The number of nitrogens with zero attached hydrogens (tertiary/aromatic N) is 3. The lowest BCUT2D eigenvalue weighted by Gasteiger charge is -2.31. The average Bonchev–Trinajstić information content (AvgIpc) is 2.39. The molecular formula is C11H16N4O. The highest BCUT2D eigenvalue weighted by atomic mass is 16.1. The lowest BCUT2D eigenvalue weighted by atomic mass is 9.97. The maximum atomic E-state index is 11.6. The van der Waals surface area contributed by atoms with Crippen molar-refractivity contribution < 1.29 is 4.79 Å². The second-order valence-electron chi connectivity index (χ2n) is 3.95. The zero-order chi connectivity index (χ0) is 11.4. The molecule has 5 heteroatoms. The van der Waals surface area contributed by atoms with Crippen molar-refractivity contribution in [3.05, 3.63) is 18.5 Å². The first-order valence-electron chi connectivity index (χ1n) is 5.55. The first-order valence-corrected chi connectivity index (χ1v) is 5.55. The zero-order valence-corrected chi connectivity index (χ0v) is 9.39. The zero-order valence-electron chi connectivity index (χ0n) is 9.39. The molecule has 1 aliphatic heterocycles. The van der Waals surface area contributed by atoms with Crippen molar-refractivity contribution >= 4 is 11.9 Å². The summed E-state index contributed by atoms with van der Waals surface area (Å²) in [6.45, 7) is 1.64. The third-order valence-electron chi connectivity index (χ3n) is 2.87. The number of carbonyl (C=O) groups is 1. The molecule has 1 saturated heterocycles. The minimum atomic E-state index is 0.0579. The lowest BCUT2D eigenvalue weighted by molar-refractivity contribution is -0.124. The van der Waals surface area contributed by atoms with Gasteiger partial charge in [-0.3, -0.25) is 4.79 Å². The van der Waals surface area contributed by atoms with Gasteiger partial charge in [-0.2, -0.15) is 0 Å². The van der Waals surface area contributed by atoms with Crippen LogP contribution in [-0.2, 0) is 4.79 Å². The van der Waals surface area contributed by atoms with E-state index in [0.29, 0.717) is 6.54 Å². The van der Waals surface area contributed by atoms with Gasteiger partial charge in [-0.1, -0.05) is 0 Å². The Morgan fingerprint density at radius 3 is 2.94 bits per heavy atom. The average molecular weight is 220 g/mol. The number of carbonyl (C=O) groups excluding carboxylic acids is 1. The number of aromatic nitrogens is 2. The molecule has 1 amide bonds. The van der Waals surface area contributed by atoms with Crippen LogP contribution < -0.4 is 10.2 Å². The molecular weight excluding hydrogens is 204 g/mol. The van der Waals surface area contributed by atoms with Crippen molar-refractivity contribution in [3.63, 3.8) is 0 Å². The number of hydrogen-bond donors (Lipinski definition) is 1. The fourth-order valence-corrected chi connectivity index (χ4v) is 2.03. The minimum Gasteiger partial charge on any atom is -0.359 e. The molecule has 0 spiro atoms. The highest BCUT2D eigenvalue weighted by molar-refractivity contribution is 5.79. The van der Waals surface area contributed by atoms with Gasteiger partial charge in [0.15, 0.2) is 0 Å². The number of nitrogens with one attached hydrogen (secondary N) is 1. The first-order chi connectivity index (χ1) is 7.81. The van der Waals surface area contributed by atoms with Crippen LogP contribution in [0, 0.1) is 5.92 Å². The van der Waals surface area contributed by atoms with Crippen LogP contribution in [0.25, 0.3) is 0 Å². The van der Waals surface area contributed by atoms with E-state index in [2.05, 4.69) is 20.2 Å². The Morgan fingerprint density at radius 2 is 2.25 bits per heavy atom. The molecule has 2 rings (SSSR count). The Morgan fingerprint density at radius 1 is 1.50 bits per heavy atom. The largest absolute Gasteiger partial charge is 0.359 e. The fraction of sp³-hybridized carbons (Fsp3) is 0.545. The van der Waals surface area contributed by atoms with Gasteiger partial charge in [0.1, 0.15) is 0 Å². The molecule has 1 N–H and O–H groups in total. The summed E-state index contributed by atoms with van der Waals surface area (Å²) in [6, 6.07) is 1.80. The van der Waals surface area contributed by atoms with Gasteiger partial charge in [0.2, 0.25) is 11.9 Å². The summed E-state index contributed by atoms with van der Waals surface area (Å²) in [6.07, 6.45) is 5.41. The molecule has 0 bridgehead atoms. The van der Waals surface area contributed by atoms with Crippen molar-refractivity contribution in [2.45, 2.75) is 12.8 Å². The summed E-state index contributed by atoms with van der Waals surface area (Å²) in [5.41, 5.74) is 0. The molecule has 1 aromatic heterocycles. The monoisotopic (exact) mass is 220 g/mol. The normalized spacial score (nSPS) is 20.6. The van der Waals surface area contributed by atoms with Gasteiger partial charge in [0.05, 0.1) is 5.92 Å². The number of anilines is 1. The maximum absolute atomic E-state index is 11.6. The quantitative estimate of drug-likeness (QED) is 0.785. The molecule has 0 radical (unpaired) electrons. The molecule has 2 heterocycles. The van der Waals surface area contributed by atoms with Crippen LogP contribution >= 0.6 is 0 Å². The predicted octanol–water partition coefficient (Wildman–Crippen LogP) is 0.439. The molecule has 1 fully saturated rings. The summed E-state index contributed by atoms with van der Waals surface area (Å²) < 4.78 is 0. The Hall–Kier alpha value is -1.65. The van der Waals surface area contributed by atoms with Crippen LogP contribution in [0.3, 0.4) is 0 Å². The number of amides is 1. The van der Waals surface area contributed by atoms with E-state index in [-0.39, 0.29) is 11.8 Å². The van der Waals surface area contributed by atoms with E-state index in [0.717, 1.165) is 25.3 Å². The van der Waals surface area contributed by atoms with Crippen LogP contribution in [0.4, 0.5) is 5.95 Å². The summed E-state index contributed by atoms with van der Waals surface area (Å²) in [5, 5.41) is 2.70. The smallest absolute Gasteiger partial charge is 0.225 e. The molecule has 5 nitrogen and oxygen atoms in total.